The number of amides is 3. The van der Waals surface area contributed by atoms with Gasteiger partial charge in [0.25, 0.3) is 0 Å². The maximum Gasteiger partial charge on any atom is 0.227 e. The van der Waals surface area contributed by atoms with E-state index in [1.165, 1.54) is 0 Å². The Morgan fingerprint density at radius 1 is 1.00 bits per heavy atom. The van der Waals surface area contributed by atoms with E-state index in [1.54, 1.807) is 9.80 Å². The molecule has 0 aromatic heterocycles. The van der Waals surface area contributed by atoms with Crippen LogP contribution >= 0.6 is 0 Å². The highest BCUT2D eigenvalue weighted by atomic mass is 16.5. The van der Waals surface area contributed by atoms with E-state index < -0.39 is 0 Å². The smallest absolute Gasteiger partial charge is 0.227 e. The zero-order valence-corrected chi connectivity index (χ0v) is 16.8. The summed E-state index contributed by atoms with van der Waals surface area (Å²) < 4.78 is 5.57. The Morgan fingerprint density at radius 3 is 2.57 bits per heavy atom. The molecule has 7 heteroatoms. The summed E-state index contributed by atoms with van der Waals surface area (Å²) in [5, 5.41) is 2.86. The first kappa shape index (κ1) is 19.9. The molecule has 2 aromatic carbocycles. The van der Waals surface area contributed by atoms with E-state index in [-0.39, 0.29) is 30.6 Å². The molecule has 7 nitrogen and oxygen atoms in total. The highest BCUT2D eigenvalue weighted by Gasteiger charge is 2.24. The van der Waals surface area contributed by atoms with Crippen molar-refractivity contribution in [1.29, 1.82) is 0 Å². The average Bonchev–Trinajstić information content (AvgIpc) is 3.21. The largest absolute Gasteiger partial charge is 0.490 e. The van der Waals surface area contributed by atoms with E-state index in [0.29, 0.717) is 31.9 Å². The van der Waals surface area contributed by atoms with Gasteiger partial charge in [-0.2, -0.15) is 0 Å². The van der Waals surface area contributed by atoms with Gasteiger partial charge in [0.2, 0.25) is 17.7 Å². The predicted octanol–water partition coefficient (Wildman–Crippen LogP) is 2.64. The number of hydrogen-bond acceptors (Lipinski definition) is 4. The Morgan fingerprint density at radius 2 is 1.80 bits per heavy atom. The molecule has 2 heterocycles. The molecule has 2 aromatic rings. The molecule has 0 aliphatic carbocycles. The molecule has 0 unspecified atom stereocenters. The van der Waals surface area contributed by atoms with Gasteiger partial charge in [0.1, 0.15) is 12.4 Å². The minimum atomic E-state index is -0.163. The van der Waals surface area contributed by atoms with Crippen molar-refractivity contribution in [2.24, 2.45) is 0 Å². The molecule has 2 aliphatic heterocycles. The SMILES string of the molecule is O=C(CCC(=O)N1CCOc2ccccc21)NCc1ccc(N2CCCC2=O)cc1. The zero-order valence-electron chi connectivity index (χ0n) is 16.8. The van der Waals surface area contributed by atoms with Crippen LogP contribution in [0.3, 0.4) is 0 Å². The van der Waals surface area contributed by atoms with Crippen molar-refractivity contribution in [3.8, 4) is 5.75 Å². The van der Waals surface area contributed by atoms with Gasteiger partial charge >= 0.3 is 0 Å². The van der Waals surface area contributed by atoms with Crippen molar-refractivity contribution < 1.29 is 19.1 Å². The van der Waals surface area contributed by atoms with Gasteiger partial charge in [-0.05, 0) is 36.2 Å². The standard InChI is InChI=1S/C23H25N3O4/c27-21(11-12-23(29)26-14-15-30-20-5-2-1-4-19(20)26)24-16-17-7-9-18(10-8-17)25-13-3-6-22(25)28/h1-2,4-5,7-10H,3,6,11-16H2,(H,24,27). The summed E-state index contributed by atoms with van der Waals surface area (Å²) in [6.45, 7) is 2.09. The fraction of sp³-hybridized carbons (Fsp3) is 0.348. The summed E-state index contributed by atoms with van der Waals surface area (Å²) in [4.78, 5) is 40.1. The number of carbonyl (C=O) groups is 3. The molecule has 1 fully saturated rings. The van der Waals surface area contributed by atoms with Crippen LogP contribution in [0.5, 0.6) is 5.75 Å². The monoisotopic (exact) mass is 407 g/mol. The molecule has 0 spiro atoms. The van der Waals surface area contributed by atoms with Gasteiger partial charge in [-0.1, -0.05) is 24.3 Å². The second-order valence-electron chi connectivity index (χ2n) is 7.45. The van der Waals surface area contributed by atoms with Gasteiger partial charge in [0.05, 0.1) is 12.2 Å². The highest BCUT2D eigenvalue weighted by molar-refractivity contribution is 5.97. The molecule has 156 valence electrons. The van der Waals surface area contributed by atoms with Gasteiger partial charge in [-0.15, -0.1) is 0 Å². The summed E-state index contributed by atoms with van der Waals surface area (Å²) >= 11 is 0. The maximum absolute atomic E-state index is 12.6. The van der Waals surface area contributed by atoms with Crippen LogP contribution in [0.2, 0.25) is 0 Å². The van der Waals surface area contributed by atoms with E-state index in [1.807, 2.05) is 48.5 Å². The van der Waals surface area contributed by atoms with Crippen molar-refractivity contribution in [3.63, 3.8) is 0 Å². The van der Waals surface area contributed by atoms with Crippen LogP contribution in [-0.2, 0) is 20.9 Å². The van der Waals surface area contributed by atoms with Crippen LogP contribution in [0.1, 0.15) is 31.2 Å². The first-order valence-electron chi connectivity index (χ1n) is 10.3. The number of hydrogen-bond donors (Lipinski definition) is 1. The molecular formula is C23H25N3O4. The normalized spacial score (nSPS) is 15.5. The third kappa shape index (κ3) is 4.45. The minimum Gasteiger partial charge on any atom is -0.490 e. The lowest BCUT2D eigenvalue weighted by Crippen LogP contribution is -2.38. The lowest BCUT2D eigenvalue weighted by atomic mass is 10.1. The lowest BCUT2D eigenvalue weighted by molar-refractivity contribution is -0.125. The summed E-state index contributed by atoms with van der Waals surface area (Å²) in [5.74, 6) is 0.605. The Labute approximate surface area is 175 Å². The van der Waals surface area contributed by atoms with E-state index in [9.17, 15) is 14.4 Å². The van der Waals surface area contributed by atoms with Crippen LogP contribution in [-0.4, -0.2) is 37.4 Å². The number of nitrogens with one attached hydrogen (secondary N) is 1. The Bertz CT molecular complexity index is 942. The van der Waals surface area contributed by atoms with Gasteiger partial charge < -0.3 is 19.9 Å². The number of rotatable bonds is 6. The molecule has 30 heavy (non-hydrogen) atoms. The van der Waals surface area contributed by atoms with E-state index >= 15 is 0 Å². The van der Waals surface area contributed by atoms with Crippen molar-refractivity contribution in [1.82, 2.24) is 5.32 Å². The molecule has 3 amide bonds. The fourth-order valence-electron chi connectivity index (χ4n) is 3.79. The molecule has 1 N–H and O–H groups in total. The van der Waals surface area contributed by atoms with Crippen molar-refractivity contribution in [2.45, 2.75) is 32.2 Å². The Balaban J connectivity index is 1.24. The number of fused-ring (bicyclic) bond motifs is 1. The van der Waals surface area contributed by atoms with Crippen molar-refractivity contribution in [2.75, 3.05) is 29.5 Å². The van der Waals surface area contributed by atoms with Gasteiger partial charge in [0, 0.05) is 38.0 Å². The fourth-order valence-corrected chi connectivity index (χ4v) is 3.79. The summed E-state index contributed by atoms with van der Waals surface area (Å²) in [6.07, 6.45) is 1.78. The first-order valence-corrected chi connectivity index (χ1v) is 10.3. The first-order chi connectivity index (χ1) is 14.6. The second kappa shape index (κ2) is 8.98. The highest BCUT2D eigenvalue weighted by Crippen LogP contribution is 2.31. The van der Waals surface area contributed by atoms with Crippen LogP contribution in [0, 0.1) is 0 Å². The maximum atomic E-state index is 12.6. The van der Waals surface area contributed by atoms with Crippen molar-refractivity contribution in [3.05, 3.63) is 54.1 Å². The zero-order chi connectivity index (χ0) is 20.9. The topological polar surface area (TPSA) is 79.0 Å². The predicted molar refractivity (Wildman–Crippen MR) is 113 cm³/mol. The third-order valence-corrected chi connectivity index (χ3v) is 5.41. The molecule has 0 radical (unpaired) electrons. The van der Waals surface area contributed by atoms with Crippen molar-refractivity contribution >= 4 is 29.1 Å². The number of ether oxygens (including phenoxy) is 1. The van der Waals surface area contributed by atoms with Gasteiger partial charge in [0.15, 0.2) is 0 Å². The number of para-hydroxylation sites is 2. The third-order valence-electron chi connectivity index (χ3n) is 5.41. The minimum absolute atomic E-state index is 0.0828. The molecular weight excluding hydrogens is 382 g/mol. The lowest BCUT2D eigenvalue weighted by Gasteiger charge is -2.29. The van der Waals surface area contributed by atoms with Crippen LogP contribution < -0.4 is 19.9 Å². The summed E-state index contributed by atoms with van der Waals surface area (Å²) in [6, 6.07) is 15.1. The van der Waals surface area contributed by atoms with Crippen LogP contribution in [0.25, 0.3) is 0 Å². The number of benzene rings is 2. The van der Waals surface area contributed by atoms with E-state index in [0.717, 1.165) is 29.9 Å². The average molecular weight is 407 g/mol. The Hall–Kier alpha value is -3.35. The number of carbonyl (C=O) groups excluding carboxylic acids is 3. The quantitative estimate of drug-likeness (QED) is 0.799. The second-order valence-corrected chi connectivity index (χ2v) is 7.45. The molecule has 2 aliphatic rings. The molecule has 0 saturated carbocycles. The summed E-state index contributed by atoms with van der Waals surface area (Å²) in [5.41, 5.74) is 2.60. The molecule has 4 rings (SSSR count). The van der Waals surface area contributed by atoms with E-state index in [4.69, 9.17) is 4.74 Å². The molecule has 0 bridgehead atoms. The summed E-state index contributed by atoms with van der Waals surface area (Å²) in [7, 11) is 0. The van der Waals surface area contributed by atoms with Gasteiger partial charge in [-0.3, -0.25) is 14.4 Å². The van der Waals surface area contributed by atoms with Gasteiger partial charge in [-0.25, -0.2) is 0 Å². The number of nitrogens with zero attached hydrogens (tertiary/aromatic N) is 2. The van der Waals surface area contributed by atoms with Crippen LogP contribution in [0.15, 0.2) is 48.5 Å². The number of anilines is 2. The molecule has 0 atom stereocenters. The van der Waals surface area contributed by atoms with Crippen LogP contribution in [0.4, 0.5) is 11.4 Å². The molecule has 1 saturated heterocycles. The van der Waals surface area contributed by atoms with E-state index in [2.05, 4.69) is 5.32 Å². The Kier molecular flexibility index (Phi) is 5.97.